The lowest BCUT2D eigenvalue weighted by Crippen LogP contribution is -2.50. The summed E-state index contributed by atoms with van der Waals surface area (Å²) in [6, 6.07) is -0.0848. The zero-order valence-corrected chi connectivity index (χ0v) is 28.0. The number of ether oxygens (including phenoxy) is 4. The number of hydrogen-bond donors (Lipinski definition) is 1. The summed E-state index contributed by atoms with van der Waals surface area (Å²) in [5, 5.41) is 3.03. The van der Waals surface area contributed by atoms with Gasteiger partial charge in [-0.1, -0.05) is 69.8 Å². The second kappa shape index (κ2) is 18.0. The largest absolute Gasteiger partial charge is 0.459 e. The number of hydrogen-bond acceptors (Lipinski definition) is 7. The lowest BCUT2D eigenvalue weighted by molar-refractivity contribution is -0.143. The second-order valence-electron chi connectivity index (χ2n) is 13.4. The van der Waals surface area contributed by atoms with Gasteiger partial charge in [0.05, 0.1) is 42.7 Å². The van der Waals surface area contributed by atoms with Gasteiger partial charge in [0.15, 0.2) is 0 Å². The Kier molecular flexibility index (Phi) is 14.8. The molecule has 3 rings (SSSR count). The molecule has 1 spiro atoms. The van der Waals surface area contributed by atoms with Crippen molar-refractivity contribution in [3.63, 3.8) is 0 Å². The van der Waals surface area contributed by atoms with Crippen molar-refractivity contribution in [1.82, 2.24) is 5.32 Å². The monoisotopic (exact) mass is 615 g/mol. The lowest BCUT2D eigenvalue weighted by Gasteiger charge is -2.39. The number of nitrogens with one attached hydrogen (secondary N) is 1. The number of carbonyl (C=O) groups excluding carboxylic acids is 3. The normalized spacial score (nSPS) is 31.4. The number of ketones is 1. The SMILES string of the molecule is CCCCCCCCC(=O)C[C@@H]1C[C@@]2(CO2)C[C@@H](/C=C/C(C)=C/C[C@@H]2O[C@H](C)[C@H](NC(=O)/C=C\[C@H](C)OC(C)=O)C[C@@H]2C)O1. The van der Waals surface area contributed by atoms with Gasteiger partial charge in [0.1, 0.15) is 11.9 Å². The van der Waals surface area contributed by atoms with Crippen LogP contribution in [0.2, 0.25) is 0 Å². The quantitative estimate of drug-likeness (QED) is 0.0638. The third-order valence-electron chi connectivity index (χ3n) is 9.02. The fourth-order valence-electron chi connectivity index (χ4n) is 6.34. The average molecular weight is 616 g/mol. The molecule has 0 aliphatic carbocycles. The van der Waals surface area contributed by atoms with E-state index in [1.807, 2.05) is 6.92 Å². The van der Waals surface area contributed by atoms with E-state index in [0.717, 1.165) is 50.7 Å². The van der Waals surface area contributed by atoms with E-state index in [2.05, 4.69) is 44.3 Å². The first-order chi connectivity index (χ1) is 21.0. The van der Waals surface area contributed by atoms with E-state index in [1.165, 1.54) is 38.7 Å². The van der Waals surface area contributed by atoms with Crippen molar-refractivity contribution in [2.45, 2.75) is 161 Å². The summed E-state index contributed by atoms with van der Waals surface area (Å²) in [7, 11) is 0. The maximum absolute atomic E-state index is 12.6. The van der Waals surface area contributed by atoms with E-state index in [1.54, 1.807) is 13.0 Å². The molecule has 44 heavy (non-hydrogen) atoms. The molecule has 0 aromatic heterocycles. The van der Waals surface area contributed by atoms with E-state index < -0.39 is 6.10 Å². The molecule has 0 saturated carbocycles. The van der Waals surface area contributed by atoms with E-state index >= 15 is 0 Å². The van der Waals surface area contributed by atoms with Crippen LogP contribution in [0.15, 0.2) is 36.0 Å². The highest BCUT2D eigenvalue weighted by Gasteiger charge is 2.51. The van der Waals surface area contributed by atoms with E-state index in [-0.39, 0.29) is 53.9 Å². The Balaban J connectivity index is 1.42. The molecule has 0 bridgehead atoms. The van der Waals surface area contributed by atoms with Crippen LogP contribution in [0.5, 0.6) is 0 Å². The molecular weight excluding hydrogens is 558 g/mol. The molecule has 8 atom stereocenters. The first kappa shape index (κ1) is 36.2. The summed E-state index contributed by atoms with van der Waals surface area (Å²) in [6.07, 6.45) is 20.3. The van der Waals surface area contributed by atoms with Gasteiger partial charge in [0, 0.05) is 38.7 Å². The second-order valence-corrected chi connectivity index (χ2v) is 13.4. The van der Waals surface area contributed by atoms with Gasteiger partial charge in [0.2, 0.25) is 5.91 Å². The van der Waals surface area contributed by atoms with Gasteiger partial charge in [-0.3, -0.25) is 14.4 Å². The van der Waals surface area contributed by atoms with Gasteiger partial charge < -0.3 is 24.3 Å². The summed E-state index contributed by atoms with van der Waals surface area (Å²) in [4.78, 5) is 36.1. The van der Waals surface area contributed by atoms with Gasteiger partial charge in [-0.15, -0.1) is 0 Å². The third kappa shape index (κ3) is 13.0. The highest BCUT2D eigenvalue weighted by molar-refractivity contribution is 5.87. The zero-order chi connectivity index (χ0) is 32.1. The molecule has 8 nitrogen and oxygen atoms in total. The highest BCUT2D eigenvalue weighted by atomic mass is 16.6. The standard InChI is InChI=1S/C36H57NO7/c1-7-8-9-10-11-12-13-30(39)21-32-23-36(24-41-36)22-31(44-32)17-14-25(2)15-18-34-26(3)20-33(28(5)43-34)37-35(40)19-16-27(4)42-29(6)38/h14-17,19,26-28,31-34H,7-13,18,20-24H2,1-6H3,(H,37,40)/b17-14+,19-16-,25-15+/t26-,27-,28+,31+,32+,33+,34-,36+/m0/s1. The number of Topliss-reactive ketones (excluding diaryl/α,β-unsaturated/α-hetero) is 1. The summed E-state index contributed by atoms with van der Waals surface area (Å²) >= 11 is 0. The number of unbranched alkanes of at least 4 members (excludes halogenated alkanes) is 5. The molecule has 3 fully saturated rings. The number of allylic oxidation sites excluding steroid dienone is 2. The van der Waals surface area contributed by atoms with E-state index in [9.17, 15) is 14.4 Å². The molecule has 3 aliphatic heterocycles. The van der Waals surface area contributed by atoms with Crippen LogP contribution in [-0.2, 0) is 33.3 Å². The van der Waals surface area contributed by atoms with Gasteiger partial charge in [-0.05, 0) is 52.0 Å². The molecule has 8 heteroatoms. The fraction of sp³-hybridized carbons (Fsp3) is 0.750. The van der Waals surface area contributed by atoms with Crippen LogP contribution >= 0.6 is 0 Å². The molecule has 0 aromatic carbocycles. The lowest BCUT2D eigenvalue weighted by atomic mass is 9.88. The maximum Gasteiger partial charge on any atom is 0.303 e. The van der Waals surface area contributed by atoms with Gasteiger partial charge in [-0.2, -0.15) is 0 Å². The first-order valence-electron chi connectivity index (χ1n) is 17.0. The first-order valence-corrected chi connectivity index (χ1v) is 17.0. The van der Waals surface area contributed by atoms with E-state index in [0.29, 0.717) is 18.6 Å². The molecule has 3 saturated heterocycles. The molecule has 3 heterocycles. The van der Waals surface area contributed by atoms with Crippen LogP contribution in [-0.4, -0.2) is 66.4 Å². The molecule has 1 amide bonds. The predicted octanol–water partition coefficient (Wildman–Crippen LogP) is 6.71. The maximum atomic E-state index is 12.6. The van der Waals surface area contributed by atoms with Crippen LogP contribution in [0.3, 0.4) is 0 Å². The summed E-state index contributed by atoms with van der Waals surface area (Å²) in [6.45, 7) is 12.3. The van der Waals surface area contributed by atoms with Crippen molar-refractivity contribution in [1.29, 1.82) is 0 Å². The van der Waals surface area contributed by atoms with Crippen LogP contribution < -0.4 is 5.32 Å². The van der Waals surface area contributed by atoms with Crippen molar-refractivity contribution in [2.24, 2.45) is 5.92 Å². The molecule has 1 N–H and O–H groups in total. The number of carbonyl (C=O) groups is 3. The van der Waals surface area contributed by atoms with Crippen LogP contribution in [0.25, 0.3) is 0 Å². The molecular formula is C36H57NO7. The summed E-state index contributed by atoms with van der Waals surface area (Å²) in [5.74, 6) is -0.0129. The predicted molar refractivity (Wildman–Crippen MR) is 172 cm³/mol. The number of rotatable bonds is 17. The molecule has 0 radical (unpaired) electrons. The molecule has 0 aromatic rings. The summed E-state index contributed by atoms with van der Waals surface area (Å²) in [5.41, 5.74) is 1.03. The Bertz CT molecular complexity index is 1030. The average Bonchev–Trinajstić information content (AvgIpc) is 3.70. The highest BCUT2D eigenvalue weighted by Crippen LogP contribution is 2.43. The minimum Gasteiger partial charge on any atom is -0.459 e. The van der Waals surface area contributed by atoms with Crippen molar-refractivity contribution >= 4 is 17.7 Å². The minimum atomic E-state index is -0.455. The van der Waals surface area contributed by atoms with Gasteiger partial charge >= 0.3 is 5.97 Å². The van der Waals surface area contributed by atoms with Crippen LogP contribution in [0.1, 0.15) is 119 Å². The molecule has 0 unspecified atom stereocenters. The number of esters is 1. The van der Waals surface area contributed by atoms with Crippen LogP contribution in [0.4, 0.5) is 0 Å². The zero-order valence-electron chi connectivity index (χ0n) is 28.0. The van der Waals surface area contributed by atoms with E-state index in [4.69, 9.17) is 18.9 Å². The van der Waals surface area contributed by atoms with Crippen LogP contribution in [0, 0.1) is 5.92 Å². The van der Waals surface area contributed by atoms with Crippen molar-refractivity contribution < 1.29 is 33.3 Å². The minimum absolute atomic E-state index is 0.0539. The van der Waals surface area contributed by atoms with Gasteiger partial charge in [0.25, 0.3) is 0 Å². The number of amides is 1. The molecule has 248 valence electrons. The van der Waals surface area contributed by atoms with Crippen molar-refractivity contribution in [2.75, 3.05) is 6.61 Å². The third-order valence-corrected chi connectivity index (χ3v) is 9.02. The van der Waals surface area contributed by atoms with Crippen molar-refractivity contribution in [3.05, 3.63) is 36.0 Å². The van der Waals surface area contributed by atoms with Gasteiger partial charge in [-0.25, -0.2) is 0 Å². The summed E-state index contributed by atoms with van der Waals surface area (Å²) < 4.78 is 23.5. The number of epoxide rings is 1. The molecule has 3 aliphatic rings. The fourth-order valence-corrected chi connectivity index (χ4v) is 6.34. The Morgan fingerprint density at radius 3 is 2.45 bits per heavy atom. The Labute approximate surface area is 265 Å². The Hall–Kier alpha value is -2.29. The van der Waals surface area contributed by atoms with Crippen molar-refractivity contribution in [3.8, 4) is 0 Å². The smallest absolute Gasteiger partial charge is 0.303 e. The Morgan fingerprint density at radius 2 is 1.75 bits per heavy atom. The Morgan fingerprint density at radius 1 is 1.02 bits per heavy atom. The topological polar surface area (TPSA) is 103 Å².